The minimum absolute atomic E-state index is 0.434. The van der Waals surface area contributed by atoms with Crippen molar-refractivity contribution >= 4 is 0 Å². The second-order valence-electron chi connectivity index (χ2n) is 3.35. The molecular weight excluding hydrogens is 154 g/mol. The molecular formula is C8H17N3O. The Bertz CT molecular complexity index is 140. The van der Waals surface area contributed by atoms with E-state index in [2.05, 4.69) is 22.0 Å². The van der Waals surface area contributed by atoms with Crippen LogP contribution in [0.4, 0.5) is 0 Å². The minimum atomic E-state index is 0.434. The van der Waals surface area contributed by atoms with E-state index in [9.17, 15) is 4.91 Å². The highest BCUT2D eigenvalue weighted by Crippen LogP contribution is 1.99. The topological polar surface area (TPSA) is 35.9 Å². The van der Waals surface area contributed by atoms with E-state index in [1.165, 1.54) is 13.0 Å². The zero-order chi connectivity index (χ0) is 8.81. The Morgan fingerprint density at radius 2 is 2.08 bits per heavy atom. The molecule has 0 N–H and O–H groups in total. The first kappa shape index (κ1) is 9.61. The third kappa shape index (κ3) is 3.28. The van der Waals surface area contributed by atoms with Gasteiger partial charge >= 0.3 is 0 Å². The number of hydrogen-bond donors (Lipinski definition) is 0. The van der Waals surface area contributed by atoms with Crippen molar-refractivity contribution in [1.29, 1.82) is 0 Å². The van der Waals surface area contributed by atoms with E-state index in [-0.39, 0.29) is 0 Å². The first-order chi connectivity index (χ1) is 5.83. The minimum Gasteiger partial charge on any atom is -0.305 e. The summed E-state index contributed by atoms with van der Waals surface area (Å²) in [6.07, 6.45) is 1.20. The molecule has 1 heterocycles. The second kappa shape index (κ2) is 5.22. The number of hydrogen-bond acceptors (Lipinski definition) is 4. The van der Waals surface area contributed by atoms with Gasteiger partial charge in [0.25, 0.3) is 0 Å². The Hall–Kier alpha value is -0.480. The monoisotopic (exact) mass is 171 g/mol. The molecule has 0 aromatic carbocycles. The van der Waals surface area contributed by atoms with Gasteiger partial charge in [-0.1, -0.05) is 5.18 Å². The van der Waals surface area contributed by atoms with Gasteiger partial charge in [-0.15, -0.1) is 0 Å². The van der Waals surface area contributed by atoms with Gasteiger partial charge in [-0.05, 0) is 26.6 Å². The number of nitroso groups, excluding NO2 is 1. The van der Waals surface area contributed by atoms with Crippen molar-refractivity contribution in [1.82, 2.24) is 9.80 Å². The molecule has 70 valence electrons. The standard InChI is InChI=1S/C8H17N3O/c1-10-4-2-5-11(8-7-10)6-3-9-12/h2-8H2,1H3. The van der Waals surface area contributed by atoms with Gasteiger partial charge in [-0.3, -0.25) is 0 Å². The third-order valence-electron chi connectivity index (χ3n) is 2.32. The summed E-state index contributed by atoms with van der Waals surface area (Å²) in [5.74, 6) is 0. The van der Waals surface area contributed by atoms with Crippen LogP contribution in [0, 0.1) is 4.91 Å². The molecule has 1 aliphatic heterocycles. The maximum atomic E-state index is 9.91. The van der Waals surface area contributed by atoms with Crippen LogP contribution in [0.3, 0.4) is 0 Å². The van der Waals surface area contributed by atoms with Crippen LogP contribution in [-0.2, 0) is 0 Å². The molecule has 0 amide bonds. The Morgan fingerprint density at radius 1 is 1.25 bits per heavy atom. The highest BCUT2D eigenvalue weighted by Gasteiger charge is 2.10. The predicted octanol–water partition coefficient (Wildman–Crippen LogP) is 0.390. The molecule has 0 atom stereocenters. The average molecular weight is 171 g/mol. The molecule has 0 radical (unpaired) electrons. The summed E-state index contributed by atoms with van der Waals surface area (Å²) in [4.78, 5) is 14.5. The van der Waals surface area contributed by atoms with Gasteiger partial charge in [-0.2, -0.15) is 4.91 Å². The lowest BCUT2D eigenvalue weighted by atomic mass is 10.4. The van der Waals surface area contributed by atoms with Gasteiger partial charge in [0.1, 0.15) is 0 Å². The zero-order valence-electron chi connectivity index (χ0n) is 7.70. The first-order valence-electron chi connectivity index (χ1n) is 4.53. The Kier molecular flexibility index (Phi) is 4.18. The van der Waals surface area contributed by atoms with Crippen molar-refractivity contribution in [2.24, 2.45) is 5.18 Å². The van der Waals surface area contributed by atoms with E-state index in [1.807, 2.05) is 0 Å². The van der Waals surface area contributed by atoms with Crippen molar-refractivity contribution in [3.63, 3.8) is 0 Å². The van der Waals surface area contributed by atoms with E-state index in [0.717, 1.165) is 26.2 Å². The Morgan fingerprint density at radius 3 is 2.83 bits per heavy atom. The van der Waals surface area contributed by atoms with Crippen molar-refractivity contribution in [3.8, 4) is 0 Å². The molecule has 1 rings (SSSR count). The summed E-state index contributed by atoms with van der Waals surface area (Å²) in [5, 5.41) is 2.87. The number of likely N-dealkylation sites (N-methyl/N-ethyl adjacent to an activating group) is 1. The van der Waals surface area contributed by atoms with Crippen molar-refractivity contribution in [2.45, 2.75) is 6.42 Å². The summed E-state index contributed by atoms with van der Waals surface area (Å²) < 4.78 is 0. The summed E-state index contributed by atoms with van der Waals surface area (Å²) in [7, 11) is 2.14. The lowest BCUT2D eigenvalue weighted by molar-refractivity contribution is 0.283. The van der Waals surface area contributed by atoms with E-state index >= 15 is 0 Å². The summed E-state index contributed by atoms with van der Waals surface area (Å²) in [5.41, 5.74) is 0. The summed E-state index contributed by atoms with van der Waals surface area (Å²) in [6.45, 7) is 5.73. The SMILES string of the molecule is CN1CCCN(CCN=O)CC1. The predicted molar refractivity (Wildman–Crippen MR) is 49.2 cm³/mol. The van der Waals surface area contributed by atoms with Gasteiger partial charge in [0.15, 0.2) is 0 Å². The quantitative estimate of drug-likeness (QED) is 0.576. The van der Waals surface area contributed by atoms with Crippen LogP contribution in [0.15, 0.2) is 5.18 Å². The highest BCUT2D eigenvalue weighted by atomic mass is 16.3. The number of rotatable bonds is 3. The van der Waals surface area contributed by atoms with E-state index in [0.29, 0.717) is 6.54 Å². The van der Waals surface area contributed by atoms with Crippen LogP contribution in [0.25, 0.3) is 0 Å². The number of nitrogens with zero attached hydrogens (tertiary/aromatic N) is 3. The summed E-state index contributed by atoms with van der Waals surface area (Å²) >= 11 is 0. The molecule has 4 heteroatoms. The van der Waals surface area contributed by atoms with Gasteiger partial charge in [0.05, 0.1) is 6.54 Å². The fraction of sp³-hybridized carbons (Fsp3) is 1.00. The van der Waals surface area contributed by atoms with Crippen LogP contribution in [0.2, 0.25) is 0 Å². The maximum absolute atomic E-state index is 9.91. The molecule has 0 aromatic heterocycles. The third-order valence-corrected chi connectivity index (χ3v) is 2.32. The molecule has 12 heavy (non-hydrogen) atoms. The van der Waals surface area contributed by atoms with E-state index in [4.69, 9.17) is 0 Å². The summed E-state index contributed by atoms with van der Waals surface area (Å²) in [6, 6.07) is 0. The van der Waals surface area contributed by atoms with Crippen LogP contribution in [0.5, 0.6) is 0 Å². The van der Waals surface area contributed by atoms with Crippen LogP contribution >= 0.6 is 0 Å². The van der Waals surface area contributed by atoms with Crippen molar-refractivity contribution in [3.05, 3.63) is 4.91 Å². The van der Waals surface area contributed by atoms with Crippen molar-refractivity contribution in [2.75, 3.05) is 46.3 Å². The molecule has 0 aliphatic carbocycles. The van der Waals surface area contributed by atoms with Gasteiger partial charge in [-0.25, -0.2) is 0 Å². The maximum Gasteiger partial charge on any atom is 0.0938 e. The molecule has 1 aliphatic rings. The van der Waals surface area contributed by atoms with Gasteiger partial charge < -0.3 is 9.80 Å². The lowest BCUT2D eigenvalue weighted by Gasteiger charge is -2.17. The molecule has 1 fully saturated rings. The van der Waals surface area contributed by atoms with Crippen LogP contribution in [0.1, 0.15) is 6.42 Å². The molecule has 0 spiro atoms. The van der Waals surface area contributed by atoms with Crippen LogP contribution in [-0.4, -0.2) is 56.1 Å². The lowest BCUT2D eigenvalue weighted by Crippen LogP contribution is -2.30. The smallest absolute Gasteiger partial charge is 0.0938 e. The van der Waals surface area contributed by atoms with Crippen molar-refractivity contribution < 1.29 is 0 Å². The fourth-order valence-electron chi connectivity index (χ4n) is 1.51. The Labute approximate surface area is 73.5 Å². The normalized spacial score (nSPS) is 22.1. The van der Waals surface area contributed by atoms with E-state index < -0.39 is 0 Å². The second-order valence-corrected chi connectivity index (χ2v) is 3.35. The fourth-order valence-corrected chi connectivity index (χ4v) is 1.51. The van der Waals surface area contributed by atoms with Crippen LogP contribution < -0.4 is 0 Å². The molecule has 0 aromatic rings. The molecule has 0 saturated carbocycles. The largest absolute Gasteiger partial charge is 0.305 e. The average Bonchev–Trinajstić information content (AvgIpc) is 2.27. The van der Waals surface area contributed by atoms with Gasteiger partial charge in [0.2, 0.25) is 0 Å². The molecule has 0 bridgehead atoms. The molecule has 4 nitrogen and oxygen atoms in total. The van der Waals surface area contributed by atoms with Gasteiger partial charge in [0, 0.05) is 19.6 Å². The Balaban J connectivity index is 2.21. The van der Waals surface area contributed by atoms with E-state index in [1.54, 1.807) is 0 Å². The first-order valence-corrected chi connectivity index (χ1v) is 4.53. The molecule has 0 unspecified atom stereocenters. The molecule has 1 saturated heterocycles. The zero-order valence-corrected chi connectivity index (χ0v) is 7.70. The highest BCUT2D eigenvalue weighted by molar-refractivity contribution is 4.67.